The maximum absolute atomic E-state index is 12.4. The second kappa shape index (κ2) is 9.06. The molecule has 2 aromatic rings. The molecule has 0 saturated carbocycles. The molecule has 1 heterocycles. The van der Waals surface area contributed by atoms with Gasteiger partial charge in [0.1, 0.15) is 6.54 Å². The highest BCUT2D eigenvalue weighted by Gasteiger charge is 2.29. The Kier molecular flexibility index (Phi) is 6.29. The first-order valence-corrected chi connectivity index (χ1v) is 9.41. The molecule has 1 aliphatic heterocycles. The van der Waals surface area contributed by atoms with Gasteiger partial charge in [0.25, 0.3) is 5.91 Å². The number of rotatable bonds is 6. The molecule has 0 radical (unpaired) electrons. The second-order valence-corrected chi connectivity index (χ2v) is 7.17. The van der Waals surface area contributed by atoms with Crippen LogP contribution in [0.5, 0.6) is 0 Å². The van der Waals surface area contributed by atoms with Crippen molar-refractivity contribution in [1.29, 1.82) is 5.26 Å². The minimum absolute atomic E-state index is 0.151. The van der Waals surface area contributed by atoms with Crippen molar-refractivity contribution in [3.8, 4) is 6.07 Å². The maximum atomic E-state index is 12.4. The minimum Gasteiger partial charge on any atom is -0.456 e. The van der Waals surface area contributed by atoms with Crippen LogP contribution in [-0.4, -0.2) is 36.2 Å². The van der Waals surface area contributed by atoms with Gasteiger partial charge in [0, 0.05) is 10.6 Å². The van der Waals surface area contributed by atoms with E-state index in [1.165, 1.54) is 16.7 Å². The van der Waals surface area contributed by atoms with Crippen LogP contribution in [0, 0.1) is 11.3 Å². The van der Waals surface area contributed by atoms with Crippen LogP contribution < -0.4 is 10.2 Å². The van der Waals surface area contributed by atoms with Gasteiger partial charge >= 0.3 is 5.97 Å². The van der Waals surface area contributed by atoms with Crippen molar-refractivity contribution >= 4 is 40.9 Å². The summed E-state index contributed by atoms with van der Waals surface area (Å²) in [7, 11) is 0. The number of anilines is 2. The SMILES string of the molecule is N#CCN(C(=O)COC(=O)C[C@@H]1Sc2ccccc2NC1=O)c1ccccc1. The molecule has 7 nitrogen and oxygen atoms in total. The fraction of sp³-hybridized carbons (Fsp3) is 0.200. The van der Waals surface area contributed by atoms with Crippen molar-refractivity contribution in [2.24, 2.45) is 0 Å². The Labute approximate surface area is 166 Å². The number of benzene rings is 2. The normalized spacial score (nSPS) is 15.0. The van der Waals surface area contributed by atoms with Gasteiger partial charge in [-0.25, -0.2) is 0 Å². The third kappa shape index (κ3) is 4.69. The van der Waals surface area contributed by atoms with Gasteiger partial charge in [0.05, 0.1) is 23.4 Å². The van der Waals surface area contributed by atoms with E-state index in [-0.39, 0.29) is 18.9 Å². The number of esters is 1. The molecule has 0 aromatic heterocycles. The molecule has 1 atom stereocenters. The smallest absolute Gasteiger partial charge is 0.307 e. The summed E-state index contributed by atoms with van der Waals surface area (Å²) in [5, 5.41) is 11.1. The Balaban J connectivity index is 1.56. The van der Waals surface area contributed by atoms with E-state index in [1.54, 1.807) is 36.4 Å². The van der Waals surface area contributed by atoms with Crippen LogP contribution in [0.2, 0.25) is 0 Å². The van der Waals surface area contributed by atoms with Gasteiger partial charge in [0.15, 0.2) is 6.61 Å². The number of nitrogens with zero attached hydrogens (tertiary/aromatic N) is 2. The highest BCUT2D eigenvalue weighted by Crippen LogP contribution is 2.36. The van der Waals surface area contributed by atoms with E-state index < -0.39 is 23.7 Å². The van der Waals surface area contributed by atoms with Gasteiger partial charge in [-0.15, -0.1) is 11.8 Å². The lowest BCUT2D eigenvalue weighted by Crippen LogP contribution is -2.36. The Morgan fingerprint density at radius 3 is 2.61 bits per heavy atom. The number of carbonyl (C=O) groups is 3. The second-order valence-electron chi connectivity index (χ2n) is 5.93. The highest BCUT2D eigenvalue weighted by molar-refractivity contribution is 8.01. The Morgan fingerprint density at radius 2 is 1.86 bits per heavy atom. The largest absolute Gasteiger partial charge is 0.456 e. The quantitative estimate of drug-likeness (QED) is 0.596. The summed E-state index contributed by atoms with van der Waals surface area (Å²) >= 11 is 1.29. The lowest BCUT2D eigenvalue weighted by molar-refractivity contribution is -0.148. The van der Waals surface area contributed by atoms with Crippen LogP contribution in [0.25, 0.3) is 0 Å². The summed E-state index contributed by atoms with van der Waals surface area (Å²) in [5.41, 5.74) is 1.26. The maximum Gasteiger partial charge on any atom is 0.307 e. The summed E-state index contributed by atoms with van der Waals surface area (Å²) in [4.78, 5) is 38.8. The Hall–Kier alpha value is -3.31. The highest BCUT2D eigenvalue weighted by atomic mass is 32.2. The van der Waals surface area contributed by atoms with Crippen molar-refractivity contribution in [3.63, 3.8) is 0 Å². The van der Waals surface area contributed by atoms with Crippen LogP contribution in [0.1, 0.15) is 6.42 Å². The topological polar surface area (TPSA) is 99.5 Å². The van der Waals surface area contributed by atoms with E-state index in [0.29, 0.717) is 11.4 Å². The minimum atomic E-state index is -0.648. The number of amides is 2. The summed E-state index contributed by atoms with van der Waals surface area (Å²) in [6, 6.07) is 17.9. The molecule has 142 valence electrons. The van der Waals surface area contributed by atoms with E-state index in [0.717, 1.165) is 4.90 Å². The monoisotopic (exact) mass is 395 g/mol. The molecule has 8 heteroatoms. The van der Waals surface area contributed by atoms with Gasteiger partial charge < -0.3 is 10.1 Å². The molecule has 0 spiro atoms. The van der Waals surface area contributed by atoms with Crippen LogP contribution in [0.3, 0.4) is 0 Å². The van der Waals surface area contributed by atoms with E-state index in [1.807, 2.05) is 24.3 Å². The average molecular weight is 395 g/mol. The molecule has 28 heavy (non-hydrogen) atoms. The number of fused-ring (bicyclic) bond motifs is 1. The number of hydrogen-bond acceptors (Lipinski definition) is 6. The molecule has 0 bridgehead atoms. The Morgan fingerprint density at radius 1 is 1.14 bits per heavy atom. The van der Waals surface area contributed by atoms with Gasteiger partial charge in [0.2, 0.25) is 5.91 Å². The van der Waals surface area contributed by atoms with Gasteiger partial charge in [-0.1, -0.05) is 30.3 Å². The summed E-state index contributed by atoms with van der Waals surface area (Å²) in [6.45, 7) is -0.650. The number of carbonyl (C=O) groups excluding carboxylic acids is 3. The van der Waals surface area contributed by atoms with E-state index in [9.17, 15) is 14.4 Å². The molecule has 2 aromatic carbocycles. The molecule has 0 aliphatic carbocycles. The number of nitriles is 1. The first kappa shape index (κ1) is 19.5. The summed E-state index contributed by atoms with van der Waals surface area (Å²) in [5.74, 6) is -1.43. The van der Waals surface area contributed by atoms with Crippen molar-refractivity contribution in [3.05, 3.63) is 54.6 Å². The summed E-state index contributed by atoms with van der Waals surface area (Å²) in [6.07, 6.45) is -0.151. The first-order chi connectivity index (χ1) is 13.6. The molecule has 0 fully saturated rings. The predicted molar refractivity (Wildman–Crippen MR) is 105 cm³/mol. The molecular weight excluding hydrogens is 378 g/mol. The van der Waals surface area contributed by atoms with Crippen LogP contribution in [-0.2, 0) is 19.1 Å². The number of hydrogen-bond donors (Lipinski definition) is 1. The lowest BCUT2D eigenvalue weighted by atomic mass is 10.2. The standard InChI is InChI=1S/C20H17N3O4S/c21-10-11-23(14-6-2-1-3-7-14)18(24)13-27-19(25)12-17-20(26)22-15-8-4-5-9-16(15)28-17/h1-9,17H,11-13H2,(H,22,26)/t17-/m0/s1. The van der Waals surface area contributed by atoms with Crippen LogP contribution in [0.15, 0.2) is 59.5 Å². The van der Waals surface area contributed by atoms with Crippen molar-refractivity contribution < 1.29 is 19.1 Å². The zero-order valence-corrected chi connectivity index (χ0v) is 15.6. The van der Waals surface area contributed by atoms with Gasteiger partial charge in [-0.3, -0.25) is 19.3 Å². The van der Waals surface area contributed by atoms with Crippen LogP contribution >= 0.6 is 11.8 Å². The molecule has 1 N–H and O–H groups in total. The molecule has 2 amide bonds. The van der Waals surface area contributed by atoms with Crippen molar-refractivity contribution in [1.82, 2.24) is 0 Å². The Bertz CT molecular complexity index is 927. The van der Waals surface area contributed by atoms with Crippen LogP contribution in [0.4, 0.5) is 11.4 Å². The van der Waals surface area contributed by atoms with E-state index in [4.69, 9.17) is 10.00 Å². The predicted octanol–water partition coefficient (Wildman–Crippen LogP) is 2.59. The number of nitrogens with one attached hydrogen (secondary N) is 1. The first-order valence-electron chi connectivity index (χ1n) is 8.53. The number of thioether (sulfide) groups is 1. The fourth-order valence-corrected chi connectivity index (χ4v) is 3.75. The van der Waals surface area contributed by atoms with Gasteiger partial charge in [-0.2, -0.15) is 5.26 Å². The third-order valence-corrected chi connectivity index (χ3v) is 5.29. The van der Waals surface area contributed by atoms with Crippen molar-refractivity contribution in [2.75, 3.05) is 23.4 Å². The molecule has 0 saturated heterocycles. The third-order valence-electron chi connectivity index (χ3n) is 4.01. The average Bonchev–Trinajstić information content (AvgIpc) is 2.71. The molecule has 0 unspecified atom stereocenters. The molecular formula is C20H17N3O4S. The van der Waals surface area contributed by atoms with Gasteiger partial charge in [-0.05, 0) is 24.3 Å². The zero-order valence-electron chi connectivity index (χ0n) is 14.8. The summed E-state index contributed by atoms with van der Waals surface area (Å²) < 4.78 is 5.06. The molecule has 1 aliphatic rings. The fourth-order valence-electron chi connectivity index (χ4n) is 2.66. The van der Waals surface area contributed by atoms with Crippen molar-refractivity contribution in [2.45, 2.75) is 16.6 Å². The van der Waals surface area contributed by atoms with E-state index >= 15 is 0 Å². The lowest BCUT2D eigenvalue weighted by Gasteiger charge is -2.23. The molecule has 3 rings (SSSR count). The van der Waals surface area contributed by atoms with E-state index in [2.05, 4.69) is 5.32 Å². The zero-order chi connectivity index (χ0) is 19.9. The number of para-hydroxylation sites is 2. The number of ether oxygens (including phenoxy) is 1.